The van der Waals surface area contributed by atoms with E-state index in [1.165, 1.54) is 18.2 Å². The highest BCUT2D eigenvalue weighted by Gasteiger charge is 2.31. The largest absolute Gasteiger partial charge is 0.484 e. The molecule has 0 aromatic heterocycles. The van der Waals surface area contributed by atoms with E-state index in [0.717, 1.165) is 24.2 Å². The number of primary amides is 1. The van der Waals surface area contributed by atoms with Crippen LogP contribution in [0, 0.1) is 18.8 Å². The Labute approximate surface area is 342 Å². The molecule has 2 aliphatic rings. The Bertz CT molecular complexity index is 1660. The van der Waals surface area contributed by atoms with E-state index >= 15 is 0 Å². The Hall–Kier alpha value is -4.44. The van der Waals surface area contributed by atoms with Gasteiger partial charge in [-0.25, -0.2) is 9.59 Å². The van der Waals surface area contributed by atoms with Crippen molar-refractivity contribution in [1.29, 1.82) is 0 Å². The van der Waals surface area contributed by atoms with Crippen LogP contribution in [0.25, 0.3) is 0 Å². The normalized spacial score (nSPS) is 17.2. The number of rotatable bonds is 20. The summed E-state index contributed by atoms with van der Waals surface area (Å²) in [6, 6.07) is 11.5. The van der Waals surface area contributed by atoms with Gasteiger partial charge >= 0.3 is 18.0 Å². The van der Waals surface area contributed by atoms with Crippen LogP contribution in [0.15, 0.2) is 48.5 Å². The zero-order valence-corrected chi connectivity index (χ0v) is 34.8. The van der Waals surface area contributed by atoms with Crippen LogP contribution in [0.3, 0.4) is 0 Å². The molecule has 2 saturated heterocycles. The third kappa shape index (κ3) is 15.8. The number of carbonyl (C=O) groups excluding carboxylic acids is 6. The minimum Gasteiger partial charge on any atom is -0.484 e. The SMILES string of the molecule is Cc1ccccc1OCC(=O)NC(CC(C)C)C(=O)NC(Cc1ccc(OC(=O)N2CCC(C(N)=O)CC2)cc1)C(=O)OC(C)OC(=O)CCCC[C@@H]1CCSS1. The molecule has 3 unspecified atom stereocenters. The van der Waals surface area contributed by atoms with Crippen LogP contribution in [0.5, 0.6) is 11.5 Å². The molecule has 16 heteroatoms. The molecule has 312 valence electrons. The summed E-state index contributed by atoms with van der Waals surface area (Å²) in [5.41, 5.74) is 6.86. The van der Waals surface area contributed by atoms with Crippen molar-refractivity contribution in [2.75, 3.05) is 25.4 Å². The first-order valence-corrected chi connectivity index (χ1v) is 22.0. The van der Waals surface area contributed by atoms with Crippen LogP contribution in [-0.2, 0) is 39.9 Å². The first kappa shape index (κ1) is 45.3. The summed E-state index contributed by atoms with van der Waals surface area (Å²) in [6.07, 6.45) is 3.37. The third-order valence-corrected chi connectivity index (χ3v) is 12.6. The number of benzene rings is 2. The lowest BCUT2D eigenvalue weighted by molar-refractivity contribution is -0.186. The van der Waals surface area contributed by atoms with Gasteiger partial charge in [-0.1, -0.05) is 72.2 Å². The van der Waals surface area contributed by atoms with Gasteiger partial charge < -0.3 is 40.2 Å². The van der Waals surface area contributed by atoms with Crippen molar-refractivity contribution in [2.45, 2.75) is 109 Å². The number of piperidine rings is 1. The van der Waals surface area contributed by atoms with Gasteiger partial charge in [-0.3, -0.25) is 19.2 Å². The number of hydrogen-bond donors (Lipinski definition) is 3. The Morgan fingerprint density at radius 1 is 0.895 bits per heavy atom. The van der Waals surface area contributed by atoms with Crippen molar-refractivity contribution in [3.05, 3.63) is 59.7 Å². The number of amides is 4. The molecule has 4 amide bonds. The third-order valence-electron chi connectivity index (χ3n) is 9.60. The van der Waals surface area contributed by atoms with Gasteiger partial charge in [-0.05, 0) is 80.7 Å². The summed E-state index contributed by atoms with van der Waals surface area (Å²) in [7, 11) is 3.78. The second-order valence-electron chi connectivity index (χ2n) is 14.8. The number of ether oxygens (including phenoxy) is 4. The first-order chi connectivity index (χ1) is 27.3. The van der Waals surface area contributed by atoms with Crippen LogP contribution in [0.2, 0.25) is 0 Å². The Kier molecular flexibility index (Phi) is 18.3. The molecule has 0 radical (unpaired) electrons. The van der Waals surface area contributed by atoms with Gasteiger partial charge in [-0.2, -0.15) is 0 Å². The van der Waals surface area contributed by atoms with E-state index in [0.29, 0.717) is 48.9 Å². The molecule has 4 N–H and O–H groups in total. The van der Waals surface area contributed by atoms with E-state index in [2.05, 4.69) is 10.6 Å². The number of nitrogens with zero attached hydrogens (tertiary/aromatic N) is 1. The lowest BCUT2D eigenvalue weighted by atomic mass is 9.97. The van der Waals surface area contributed by atoms with Crippen molar-refractivity contribution >= 4 is 57.3 Å². The summed E-state index contributed by atoms with van der Waals surface area (Å²) in [5, 5.41) is 6.10. The van der Waals surface area contributed by atoms with Crippen molar-refractivity contribution in [1.82, 2.24) is 15.5 Å². The van der Waals surface area contributed by atoms with Crippen LogP contribution in [0.4, 0.5) is 4.79 Å². The molecule has 2 heterocycles. The van der Waals surface area contributed by atoms with Crippen molar-refractivity contribution in [2.24, 2.45) is 17.6 Å². The smallest absolute Gasteiger partial charge is 0.415 e. The first-order valence-electron chi connectivity index (χ1n) is 19.6. The molecule has 4 atom stereocenters. The van der Waals surface area contributed by atoms with Crippen LogP contribution < -0.4 is 25.8 Å². The zero-order chi connectivity index (χ0) is 41.3. The van der Waals surface area contributed by atoms with Crippen molar-refractivity contribution < 1.29 is 47.7 Å². The molecule has 2 fully saturated rings. The average Bonchev–Trinajstić information content (AvgIpc) is 3.70. The van der Waals surface area contributed by atoms with E-state index in [4.69, 9.17) is 24.7 Å². The molecule has 14 nitrogen and oxygen atoms in total. The fraction of sp³-hybridized carbons (Fsp3) is 0.561. The summed E-state index contributed by atoms with van der Waals surface area (Å²) in [6.45, 7) is 7.49. The summed E-state index contributed by atoms with van der Waals surface area (Å²) >= 11 is 0. The molecule has 2 aromatic carbocycles. The van der Waals surface area contributed by atoms with Gasteiger partial charge in [0.25, 0.3) is 5.91 Å². The lowest BCUT2D eigenvalue weighted by Crippen LogP contribution is -2.54. The predicted molar refractivity (Wildman–Crippen MR) is 218 cm³/mol. The van der Waals surface area contributed by atoms with Crippen molar-refractivity contribution in [3.63, 3.8) is 0 Å². The maximum Gasteiger partial charge on any atom is 0.415 e. The van der Waals surface area contributed by atoms with Gasteiger partial charge in [0.05, 0.1) is 0 Å². The van der Waals surface area contributed by atoms with Gasteiger partial charge in [0.1, 0.15) is 23.6 Å². The fourth-order valence-electron chi connectivity index (χ4n) is 6.43. The van der Waals surface area contributed by atoms with E-state index in [1.807, 2.05) is 54.5 Å². The molecule has 4 rings (SSSR count). The zero-order valence-electron chi connectivity index (χ0n) is 33.2. The van der Waals surface area contributed by atoms with E-state index in [1.54, 1.807) is 36.4 Å². The molecular weight excluding hydrogens is 773 g/mol. The van der Waals surface area contributed by atoms with Gasteiger partial charge in [0.2, 0.25) is 18.1 Å². The van der Waals surface area contributed by atoms with Gasteiger partial charge in [0, 0.05) is 49.8 Å². The Morgan fingerprint density at radius 3 is 2.26 bits per heavy atom. The number of nitrogens with one attached hydrogen (secondary N) is 2. The molecular formula is C41H56N4O10S2. The number of nitrogens with two attached hydrogens (primary N) is 1. The summed E-state index contributed by atoms with van der Waals surface area (Å²) < 4.78 is 22.2. The number of para-hydroxylation sites is 1. The second-order valence-corrected chi connectivity index (χ2v) is 17.6. The van der Waals surface area contributed by atoms with E-state index < -0.39 is 48.2 Å². The Morgan fingerprint density at radius 2 is 1.61 bits per heavy atom. The molecule has 2 aliphatic heterocycles. The summed E-state index contributed by atoms with van der Waals surface area (Å²) in [4.78, 5) is 78.8. The molecule has 0 bridgehead atoms. The Balaban J connectivity index is 1.39. The lowest BCUT2D eigenvalue weighted by Gasteiger charge is -2.29. The van der Waals surface area contributed by atoms with Crippen LogP contribution >= 0.6 is 21.6 Å². The molecule has 0 spiro atoms. The molecule has 0 saturated carbocycles. The number of esters is 2. The number of likely N-dealkylation sites (tertiary alicyclic amines) is 1. The number of unbranched alkanes of at least 4 members (excludes halogenated alkanes) is 1. The fourth-order valence-corrected chi connectivity index (χ4v) is 9.45. The number of hydrogen-bond acceptors (Lipinski definition) is 12. The van der Waals surface area contributed by atoms with Crippen LogP contribution in [0.1, 0.15) is 83.3 Å². The quantitative estimate of drug-likeness (QED) is 0.0661. The van der Waals surface area contributed by atoms with Crippen LogP contribution in [-0.4, -0.2) is 89.7 Å². The minimum atomic E-state index is -1.24. The number of carbonyl (C=O) groups is 6. The predicted octanol–water partition coefficient (Wildman–Crippen LogP) is 5.47. The molecule has 0 aliphatic carbocycles. The highest BCUT2D eigenvalue weighted by atomic mass is 33.1. The standard InChI is InChI=1S/C41H56N4O10S2/c1-26(2)23-33(43-36(46)25-52-35-11-7-5-9-27(35)3)39(49)44-34(40(50)54-28(4)53-37(47)12-8-6-10-32-19-22-56-57-32)24-29-13-15-31(16-14-29)55-41(51)45-20-17-30(18-21-45)38(42)48/h5,7,9,11,13-16,26,28,30,32-34H,6,8,10,12,17-25H2,1-4H3,(H2,42,48)(H,43,46)(H,44,49)/t28?,32-,33?,34?/m1/s1. The highest BCUT2D eigenvalue weighted by Crippen LogP contribution is 2.40. The molecule has 57 heavy (non-hydrogen) atoms. The molecule has 2 aromatic rings. The highest BCUT2D eigenvalue weighted by molar-refractivity contribution is 8.77. The van der Waals surface area contributed by atoms with Gasteiger partial charge in [0.15, 0.2) is 6.61 Å². The van der Waals surface area contributed by atoms with Crippen molar-refractivity contribution in [3.8, 4) is 11.5 Å². The number of aryl methyl sites for hydroxylation is 1. The maximum atomic E-state index is 13.8. The maximum absolute atomic E-state index is 13.8. The minimum absolute atomic E-state index is 0.00347. The van der Waals surface area contributed by atoms with E-state index in [9.17, 15) is 28.8 Å². The van der Waals surface area contributed by atoms with E-state index in [-0.39, 0.29) is 49.4 Å². The summed E-state index contributed by atoms with van der Waals surface area (Å²) in [5.74, 6) is -1.13. The topological polar surface area (TPSA) is 193 Å². The monoisotopic (exact) mass is 828 g/mol. The average molecular weight is 829 g/mol. The van der Waals surface area contributed by atoms with Gasteiger partial charge in [-0.15, -0.1) is 0 Å². The second kappa shape index (κ2) is 23.1.